The zero-order valence-electron chi connectivity index (χ0n) is 24.7. The molecule has 3 heterocycles. The maximum absolute atomic E-state index is 9.62. The van der Waals surface area contributed by atoms with Crippen LogP contribution in [0.4, 0.5) is 0 Å². The summed E-state index contributed by atoms with van der Waals surface area (Å²) >= 11 is 0. The molecule has 9 aromatic rings. The minimum atomic E-state index is 0.647. The zero-order valence-corrected chi connectivity index (χ0v) is 24.7. The highest BCUT2D eigenvalue weighted by Gasteiger charge is 2.16. The number of aromatic nitrogens is 4. The van der Waals surface area contributed by atoms with Crippen LogP contribution in [-0.2, 0) is 0 Å². The number of hydrogen-bond acceptors (Lipinski definition) is 3. The molecule has 0 saturated carbocycles. The number of hydrogen-bond donors (Lipinski definition) is 0. The van der Waals surface area contributed by atoms with Crippen LogP contribution in [0.1, 0.15) is 5.56 Å². The standard InChI is InChI=1S/C41H25N5/c42-26-27-15-21-33-34-22-20-31(24-40(34)45(39(33)23-27)32-11-5-2-6-12-32)28-16-18-29(19-17-28)36-25-38(30-9-3-1-4-10-30)46-37-14-8-7-13-35(37)43-41(46)44-36/h1-25H. The van der Waals surface area contributed by atoms with Gasteiger partial charge >= 0.3 is 0 Å². The third-order valence-corrected chi connectivity index (χ3v) is 8.77. The molecule has 0 spiro atoms. The fourth-order valence-electron chi connectivity index (χ4n) is 6.59. The van der Waals surface area contributed by atoms with E-state index in [1.54, 1.807) is 0 Å². The van der Waals surface area contributed by atoms with Gasteiger partial charge in [0.1, 0.15) is 0 Å². The van der Waals surface area contributed by atoms with E-state index in [0.29, 0.717) is 11.3 Å². The predicted molar refractivity (Wildman–Crippen MR) is 186 cm³/mol. The Hall–Kier alpha value is -6.51. The van der Waals surface area contributed by atoms with Crippen molar-refractivity contribution in [2.75, 3.05) is 0 Å². The van der Waals surface area contributed by atoms with Crippen LogP contribution in [0.3, 0.4) is 0 Å². The van der Waals surface area contributed by atoms with Gasteiger partial charge in [0.25, 0.3) is 0 Å². The molecular weight excluding hydrogens is 562 g/mol. The Kier molecular flexibility index (Phi) is 5.81. The Morgan fingerprint density at radius 2 is 1.15 bits per heavy atom. The van der Waals surface area contributed by atoms with Crippen molar-refractivity contribution in [1.82, 2.24) is 18.9 Å². The van der Waals surface area contributed by atoms with Crippen LogP contribution < -0.4 is 0 Å². The van der Waals surface area contributed by atoms with Gasteiger partial charge in [-0.25, -0.2) is 9.97 Å². The van der Waals surface area contributed by atoms with Crippen LogP contribution in [0.15, 0.2) is 152 Å². The molecule has 3 aromatic heterocycles. The molecule has 0 atom stereocenters. The lowest BCUT2D eigenvalue weighted by atomic mass is 10.0. The van der Waals surface area contributed by atoms with Gasteiger partial charge in [0.15, 0.2) is 0 Å². The molecule has 0 aliphatic heterocycles. The van der Waals surface area contributed by atoms with Gasteiger partial charge in [-0.3, -0.25) is 4.40 Å². The molecule has 0 fully saturated rings. The first kappa shape index (κ1) is 25.9. The molecule has 0 aliphatic carbocycles. The smallest absolute Gasteiger partial charge is 0.235 e. The minimum Gasteiger partial charge on any atom is -0.309 e. The van der Waals surface area contributed by atoms with Crippen molar-refractivity contribution in [2.24, 2.45) is 0 Å². The van der Waals surface area contributed by atoms with Gasteiger partial charge in [-0.2, -0.15) is 5.26 Å². The van der Waals surface area contributed by atoms with E-state index in [9.17, 15) is 5.26 Å². The third kappa shape index (κ3) is 4.09. The highest BCUT2D eigenvalue weighted by molar-refractivity contribution is 6.10. The Bertz CT molecular complexity index is 2620. The minimum absolute atomic E-state index is 0.647. The lowest BCUT2D eigenvalue weighted by molar-refractivity contribution is 1.14. The topological polar surface area (TPSA) is 58.9 Å². The number of nitriles is 1. The largest absolute Gasteiger partial charge is 0.309 e. The summed E-state index contributed by atoms with van der Waals surface area (Å²) in [6.07, 6.45) is 0. The molecule has 0 aliphatic rings. The van der Waals surface area contributed by atoms with Crippen molar-refractivity contribution in [3.63, 3.8) is 0 Å². The molecule has 0 amide bonds. The van der Waals surface area contributed by atoms with Crippen molar-refractivity contribution < 1.29 is 0 Å². The van der Waals surface area contributed by atoms with E-state index >= 15 is 0 Å². The quantitative estimate of drug-likeness (QED) is 0.206. The third-order valence-electron chi connectivity index (χ3n) is 8.77. The highest BCUT2D eigenvalue weighted by atomic mass is 15.1. The second-order valence-electron chi connectivity index (χ2n) is 11.5. The number of benzene rings is 6. The molecular formula is C41H25N5. The van der Waals surface area contributed by atoms with Crippen molar-refractivity contribution >= 4 is 38.6 Å². The lowest BCUT2D eigenvalue weighted by Crippen LogP contribution is -1.97. The Balaban J connectivity index is 1.17. The normalized spacial score (nSPS) is 11.5. The van der Waals surface area contributed by atoms with Crippen LogP contribution in [0.5, 0.6) is 0 Å². The summed E-state index contributed by atoms with van der Waals surface area (Å²) in [6.45, 7) is 0. The molecule has 9 rings (SSSR count). The molecule has 5 heteroatoms. The van der Waals surface area contributed by atoms with Crippen LogP contribution in [0, 0.1) is 11.3 Å². The van der Waals surface area contributed by atoms with Gasteiger partial charge in [-0.05, 0) is 65.2 Å². The summed E-state index contributed by atoms with van der Waals surface area (Å²) in [6, 6.07) is 54.5. The summed E-state index contributed by atoms with van der Waals surface area (Å²) < 4.78 is 4.39. The number of fused-ring (bicyclic) bond motifs is 6. The number of nitrogens with zero attached hydrogens (tertiary/aromatic N) is 5. The fraction of sp³-hybridized carbons (Fsp3) is 0. The molecule has 0 radical (unpaired) electrons. The maximum atomic E-state index is 9.62. The first-order chi connectivity index (χ1) is 22.7. The second kappa shape index (κ2) is 10.3. The van der Waals surface area contributed by atoms with Crippen molar-refractivity contribution in [1.29, 1.82) is 5.26 Å². The van der Waals surface area contributed by atoms with E-state index in [1.165, 1.54) is 0 Å². The Labute approximate surface area is 264 Å². The fourth-order valence-corrected chi connectivity index (χ4v) is 6.59. The van der Waals surface area contributed by atoms with Crippen LogP contribution in [-0.4, -0.2) is 18.9 Å². The monoisotopic (exact) mass is 587 g/mol. The van der Waals surface area contributed by atoms with Crippen molar-refractivity contribution in [2.45, 2.75) is 0 Å². The average Bonchev–Trinajstić information content (AvgIpc) is 3.67. The van der Waals surface area contributed by atoms with Crippen molar-refractivity contribution in [3.8, 4) is 45.4 Å². The lowest BCUT2D eigenvalue weighted by Gasteiger charge is -2.11. The van der Waals surface area contributed by atoms with Crippen LogP contribution >= 0.6 is 0 Å². The molecule has 6 aromatic carbocycles. The van der Waals surface area contributed by atoms with E-state index in [2.05, 4.69) is 112 Å². The van der Waals surface area contributed by atoms with Gasteiger partial charge in [-0.15, -0.1) is 0 Å². The Morgan fingerprint density at radius 1 is 0.500 bits per heavy atom. The van der Waals surface area contributed by atoms with E-state index in [4.69, 9.17) is 9.97 Å². The van der Waals surface area contributed by atoms with E-state index in [1.807, 2.05) is 54.6 Å². The van der Waals surface area contributed by atoms with Crippen LogP contribution in [0.25, 0.3) is 77.9 Å². The second-order valence-corrected chi connectivity index (χ2v) is 11.5. The average molecular weight is 588 g/mol. The van der Waals surface area contributed by atoms with Crippen LogP contribution in [0.2, 0.25) is 0 Å². The number of rotatable bonds is 4. The van der Waals surface area contributed by atoms with Gasteiger partial charge in [-0.1, -0.05) is 103 Å². The predicted octanol–water partition coefficient (Wildman–Crippen LogP) is 9.85. The van der Waals surface area contributed by atoms with Gasteiger partial charge in [0.05, 0.1) is 45.1 Å². The summed E-state index contributed by atoms with van der Waals surface area (Å²) in [7, 11) is 0. The summed E-state index contributed by atoms with van der Waals surface area (Å²) in [5, 5.41) is 11.9. The molecule has 0 unspecified atom stereocenters. The molecule has 0 saturated heterocycles. The first-order valence-corrected chi connectivity index (χ1v) is 15.2. The molecule has 46 heavy (non-hydrogen) atoms. The van der Waals surface area contributed by atoms with Gasteiger partial charge in [0.2, 0.25) is 5.78 Å². The molecule has 5 nitrogen and oxygen atoms in total. The van der Waals surface area contributed by atoms with Crippen molar-refractivity contribution in [3.05, 3.63) is 157 Å². The van der Waals surface area contributed by atoms with Gasteiger partial charge < -0.3 is 4.57 Å². The highest BCUT2D eigenvalue weighted by Crippen LogP contribution is 2.36. The maximum Gasteiger partial charge on any atom is 0.235 e. The SMILES string of the molecule is N#Cc1ccc2c3ccc(-c4ccc(-c5cc(-c6ccccc6)n6c(n5)nc5ccccc56)cc4)cc3n(-c3ccccc3)c2c1. The molecule has 0 N–H and O–H groups in total. The number of imidazole rings is 1. The molecule has 214 valence electrons. The summed E-state index contributed by atoms with van der Waals surface area (Å²) in [5.41, 5.74) is 12.1. The summed E-state index contributed by atoms with van der Waals surface area (Å²) in [4.78, 5) is 9.90. The summed E-state index contributed by atoms with van der Waals surface area (Å²) in [5.74, 6) is 0.681. The first-order valence-electron chi connectivity index (χ1n) is 15.2. The zero-order chi connectivity index (χ0) is 30.6. The van der Waals surface area contributed by atoms with Gasteiger partial charge in [0, 0.05) is 22.0 Å². The van der Waals surface area contributed by atoms with E-state index < -0.39 is 0 Å². The molecule has 0 bridgehead atoms. The van der Waals surface area contributed by atoms with E-state index in [-0.39, 0.29) is 0 Å². The Morgan fingerprint density at radius 3 is 1.93 bits per heavy atom. The van der Waals surface area contributed by atoms with E-state index in [0.717, 1.165) is 72.2 Å². The number of para-hydroxylation sites is 3.